The van der Waals surface area contributed by atoms with Crippen LogP contribution >= 0.6 is 15.9 Å². The van der Waals surface area contributed by atoms with Gasteiger partial charge in [0.15, 0.2) is 0 Å². The van der Waals surface area contributed by atoms with E-state index in [2.05, 4.69) is 34.7 Å². The molecule has 0 aliphatic carbocycles. The van der Waals surface area contributed by atoms with Gasteiger partial charge in [-0.3, -0.25) is 0 Å². The number of hydrogen-bond donors (Lipinski definition) is 2. The summed E-state index contributed by atoms with van der Waals surface area (Å²) in [6, 6.07) is 5.64. The van der Waals surface area contributed by atoms with Gasteiger partial charge in [0, 0.05) is 22.6 Å². The first kappa shape index (κ1) is 16.2. The molecule has 1 aromatic carbocycles. The first-order valence-electron chi connectivity index (χ1n) is 6.59. The molecule has 1 rings (SSSR count). The highest BCUT2D eigenvalue weighted by atomic mass is 79.9. The van der Waals surface area contributed by atoms with Crippen molar-refractivity contribution in [1.82, 2.24) is 5.32 Å². The van der Waals surface area contributed by atoms with E-state index in [-0.39, 0.29) is 6.04 Å². The van der Waals surface area contributed by atoms with Crippen LogP contribution in [0.1, 0.15) is 31.4 Å². The Labute approximate surface area is 123 Å². The van der Waals surface area contributed by atoms with Crippen LogP contribution in [-0.2, 0) is 4.74 Å². The first-order chi connectivity index (χ1) is 9.19. The van der Waals surface area contributed by atoms with Gasteiger partial charge >= 0.3 is 0 Å². The molecular formula is C15H22BrNO2. The maximum absolute atomic E-state index is 9.91. The molecule has 0 aliphatic rings. The van der Waals surface area contributed by atoms with Crippen molar-refractivity contribution in [3.8, 4) is 5.75 Å². The fraction of sp³-hybridized carbons (Fsp3) is 0.467. The number of phenols is 1. The third-order valence-electron chi connectivity index (χ3n) is 2.88. The second-order valence-electron chi connectivity index (χ2n) is 4.31. The predicted molar refractivity (Wildman–Crippen MR) is 82.5 cm³/mol. The SMILES string of the molecule is C=CCCOCCNC(CC)c1cc(Br)ccc1O. The fourth-order valence-corrected chi connectivity index (χ4v) is 2.23. The van der Waals surface area contributed by atoms with E-state index in [4.69, 9.17) is 4.74 Å². The Bertz CT molecular complexity index is 396. The molecule has 2 N–H and O–H groups in total. The molecule has 19 heavy (non-hydrogen) atoms. The second-order valence-corrected chi connectivity index (χ2v) is 5.22. The lowest BCUT2D eigenvalue weighted by molar-refractivity contribution is 0.138. The van der Waals surface area contributed by atoms with E-state index in [0.29, 0.717) is 19.0 Å². The highest BCUT2D eigenvalue weighted by Crippen LogP contribution is 2.29. The maximum Gasteiger partial charge on any atom is 0.120 e. The summed E-state index contributed by atoms with van der Waals surface area (Å²) >= 11 is 3.43. The van der Waals surface area contributed by atoms with Crippen molar-refractivity contribution in [3.63, 3.8) is 0 Å². The van der Waals surface area contributed by atoms with Crippen LogP contribution in [0.15, 0.2) is 35.3 Å². The lowest BCUT2D eigenvalue weighted by atomic mass is 10.0. The van der Waals surface area contributed by atoms with Crippen molar-refractivity contribution in [2.75, 3.05) is 19.8 Å². The summed E-state index contributed by atoms with van der Waals surface area (Å²) in [5.74, 6) is 0.329. The van der Waals surface area contributed by atoms with E-state index < -0.39 is 0 Å². The molecule has 3 nitrogen and oxygen atoms in total. The van der Waals surface area contributed by atoms with Gasteiger partial charge < -0.3 is 15.2 Å². The van der Waals surface area contributed by atoms with Gasteiger partial charge in [0.1, 0.15) is 5.75 Å². The summed E-state index contributed by atoms with van der Waals surface area (Å²) in [5.41, 5.74) is 0.919. The summed E-state index contributed by atoms with van der Waals surface area (Å²) < 4.78 is 6.43. The summed E-state index contributed by atoms with van der Waals surface area (Å²) in [6.45, 7) is 7.89. The van der Waals surface area contributed by atoms with Crippen molar-refractivity contribution >= 4 is 15.9 Å². The largest absolute Gasteiger partial charge is 0.508 e. The van der Waals surface area contributed by atoms with Gasteiger partial charge in [-0.05, 0) is 31.0 Å². The topological polar surface area (TPSA) is 41.5 Å². The average molecular weight is 328 g/mol. The van der Waals surface area contributed by atoms with E-state index in [1.54, 1.807) is 6.07 Å². The molecule has 0 saturated heterocycles. The van der Waals surface area contributed by atoms with Crippen molar-refractivity contribution in [3.05, 3.63) is 40.9 Å². The average Bonchev–Trinajstić information content (AvgIpc) is 2.41. The van der Waals surface area contributed by atoms with Crippen molar-refractivity contribution < 1.29 is 9.84 Å². The smallest absolute Gasteiger partial charge is 0.120 e. The van der Waals surface area contributed by atoms with Gasteiger partial charge in [0.05, 0.1) is 13.2 Å². The number of benzene rings is 1. The Hall–Kier alpha value is -0.840. The molecule has 0 aliphatic heterocycles. The van der Waals surface area contributed by atoms with Crippen molar-refractivity contribution in [1.29, 1.82) is 0 Å². The van der Waals surface area contributed by atoms with E-state index in [0.717, 1.165) is 29.4 Å². The highest BCUT2D eigenvalue weighted by molar-refractivity contribution is 9.10. The van der Waals surface area contributed by atoms with Crippen LogP contribution < -0.4 is 5.32 Å². The monoisotopic (exact) mass is 327 g/mol. The number of aromatic hydroxyl groups is 1. The normalized spacial score (nSPS) is 12.3. The standard InChI is InChI=1S/C15H22BrNO2/c1-3-5-9-19-10-8-17-14(4-2)13-11-12(16)6-7-15(13)18/h3,6-7,11,14,17-18H,1,4-5,8-10H2,2H3. The Morgan fingerprint density at radius 1 is 1.47 bits per heavy atom. The van der Waals surface area contributed by atoms with Crippen LogP contribution in [0.25, 0.3) is 0 Å². The zero-order valence-corrected chi connectivity index (χ0v) is 12.9. The zero-order chi connectivity index (χ0) is 14.1. The summed E-state index contributed by atoms with van der Waals surface area (Å²) in [7, 11) is 0. The minimum atomic E-state index is 0.139. The maximum atomic E-state index is 9.91. The molecule has 0 aromatic heterocycles. The zero-order valence-electron chi connectivity index (χ0n) is 11.4. The molecule has 0 bridgehead atoms. The molecule has 0 heterocycles. The van der Waals surface area contributed by atoms with Crippen molar-refractivity contribution in [2.45, 2.75) is 25.8 Å². The quantitative estimate of drug-likeness (QED) is 0.535. The van der Waals surface area contributed by atoms with E-state index in [1.807, 2.05) is 18.2 Å². The van der Waals surface area contributed by atoms with Crippen LogP contribution in [-0.4, -0.2) is 24.9 Å². The Balaban J connectivity index is 2.44. The molecule has 106 valence electrons. The summed E-state index contributed by atoms with van der Waals surface area (Å²) in [5, 5.41) is 13.3. The number of rotatable bonds is 9. The number of ether oxygens (including phenoxy) is 1. The second kappa shape index (κ2) is 9.13. The van der Waals surface area contributed by atoms with E-state index >= 15 is 0 Å². The lowest BCUT2D eigenvalue weighted by Crippen LogP contribution is -2.25. The molecule has 0 amide bonds. The fourth-order valence-electron chi connectivity index (χ4n) is 1.85. The highest BCUT2D eigenvalue weighted by Gasteiger charge is 2.13. The number of halogens is 1. The van der Waals surface area contributed by atoms with E-state index in [9.17, 15) is 5.11 Å². The lowest BCUT2D eigenvalue weighted by Gasteiger charge is -2.19. The van der Waals surface area contributed by atoms with Crippen LogP contribution in [0, 0.1) is 0 Å². The molecule has 1 unspecified atom stereocenters. The Morgan fingerprint density at radius 3 is 2.95 bits per heavy atom. The number of nitrogens with one attached hydrogen (secondary N) is 1. The minimum Gasteiger partial charge on any atom is -0.508 e. The third kappa shape index (κ3) is 5.76. The van der Waals surface area contributed by atoms with Crippen LogP contribution in [0.5, 0.6) is 5.75 Å². The van der Waals surface area contributed by atoms with Gasteiger partial charge in [-0.1, -0.05) is 28.9 Å². The first-order valence-corrected chi connectivity index (χ1v) is 7.38. The molecule has 1 aromatic rings. The van der Waals surface area contributed by atoms with Gasteiger partial charge in [-0.15, -0.1) is 6.58 Å². The minimum absolute atomic E-state index is 0.139. The molecule has 4 heteroatoms. The van der Waals surface area contributed by atoms with Gasteiger partial charge in [-0.2, -0.15) is 0 Å². The van der Waals surface area contributed by atoms with E-state index in [1.165, 1.54) is 0 Å². The molecular weight excluding hydrogens is 306 g/mol. The Kier molecular flexibility index (Phi) is 7.79. The predicted octanol–water partition coefficient (Wildman–Crippen LogP) is 3.79. The van der Waals surface area contributed by atoms with Crippen LogP contribution in [0.3, 0.4) is 0 Å². The molecule has 0 radical (unpaired) electrons. The molecule has 0 fully saturated rings. The summed E-state index contributed by atoms with van der Waals surface area (Å²) in [4.78, 5) is 0. The van der Waals surface area contributed by atoms with Gasteiger partial charge in [-0.25, -0.2) is 0 Å². The number of hydrogen-bond acceptors (Lipinski definition) is 3. The Morgan fingerprint density at radius 2 is 2.26 bits per heavy atom. The van der Waals surface area contributed by atoms with Crippen LogP contribution in [0.2, 0.25) is 0 Å². The summed E-state index contributed by atoms with van der Waals surface area (Å²) in [6.07, 6.45) is 3.64. The molecule has 1 atom stereocenters. The number of phenolic OH excluding ortho intramolecular Hbond substituents is 1. The van der Waals surface area contributed by atoms with Crippen LogP contribution in [0.4, 0.5) is 0 Å². The molecule has 0 spiro atoms. The van der Waals surface area contributed by atoms with Gasteiger partial charge in [0.2, 0.25) is 0 Å². The van der Waals surface area contributed by atoms with Crippen molar-refractivity contribution in [2.24, 2.45) is 0 Å². The van der Waals surface area contributed by atoms with Gasteiger partial charge in [0.25, 0.3) is 0 Å². The third-order valence-corrected chi connectivity index (χ3v) is 3.37. The molecule has 0 saturated carbocycles.